The summed E-state index contributed by atoms with van der Waals surface area (Å²) in [6, 6.07) is 5.53. The van der Waals surface area contributed by atoms with Crippen LogP contribution in [0.1, 0.15) is 29.6 Å². The summed E-state index contributed by atoms with van der Waals surface area (Å²) in [5.74, 6) is -0.520. The van der Waals surface area contributed by atoms with Crippen molar-refractivity contribution in [1.29, 1.82) is 0 Å². The number of esters is 1. The van der Waals surface area contributed by atoms with Crippen LogP contribution in [0.15, 0.2) is 41.6 Å². The molecule has 140 valence electrons. The van der Waals surface area contributed by atoms with Gasteiger partial charge in [0, 0.05) is 12.8 Å². The lowest BCUT2D eigenvalue weighted by molar-refractivity contribution is 0.00400. The van der Waals surface area contributed by atoms with Crippen molar-refractivity contribution in [1.82, 2.24) is 9.78 Å². The lowest BCUT2D eigenvalue weighted by Gasteiger charge is -2.22. The first-order chi connectivity index (χ1) is 12.5. The molecule has 3 rings (SSSR count). The predicted octanol–water partition coefficient (Wildman–Crippen LogP) is 2.04. The van der Waals surface area contributed by atoms with E-state index in [1.165, 1.54) is 37.6 Å². The van der Waals surface area contributed by atoms with Crippen molar-refractivity contribution in [2.45, 2.75) is 36.8 Å². The Bertz CT molecular complexity index is 855. The molecule has 9 heteroatoms. The number of aromatic nitrogens is 2. The number of benzene rings is 1. The minimum absolute atomic E-state index is 0.0496. The maximum Gasteiger partial charge on any atom is 0.337 e. The van der Waals surface area contributed by atoms with Crippen molar-refractivity contribution in [3.05, 3.63) is 42.2 Å². The molecular formula is C17H21N3O5S. The third-order valence-corrected chi connectivity index (χ3v) is 5.53. The van der Waals surface area contributed by atoms with Gasteiger partial charge in [0.15, 0.2) is 0 Å². The lowest BCUT2D eigenvalue weighted by Crippen LogP contribution is -2.24. The quantitative estimate of drug-likeness (QED) is 0.771. The molecule has 1 fully saturated rings. The first-order valence-electron chi connectivity index (χ1n) is 8.33. The van der Waals surface area contributed by atoms with Crippen molar-refractivity contribution in [2.75, 3.05) is 18.4 Å². The molecule has 0 unspecified atom stereocenters. The van der Waals surface area contributed by atoms with E-state index in [0.29, 0.717) is 12.2 Å². The van der Waals surface area contributed by atoms with Gasteiger partial charge in [0.05, 0.1) is 42.1 Å². The van der Waals surface area contributed by atoms with Gasteiger partial charge in [0.2, 0.25) is 0 Å². The molecule has 0 amide bonds. The minimum Gasteiger partial charge on any atom is -0.465 e. The second kappa shape index (κ2) is 7.88. The first-order valence-corrected chi connectivity index (χ1v) is 9.81. The normalized spacial score (nSPS) is 17.7. The Kier molecular flexibility index (Phi) is 5.58. The van der Waals surface area contributed by atoms with E-state index in [1.54, 1.807) is 10.9 Å². The lowest BCUT2D eigenvalue weighted by atomic mass is 10.1. The van der Waals surface area contributed by atoms with Crippen LogP contribution in [0, 0.1) is 0 Å². The van der Waals surface area contributed by atoms with Crippen molar-refractivity contribution >= 4 is 21.7 Å². The second-order valence-electron chi connectivity index (χ2n) is 6.06. The van der Waals surface area contributed by atoms with Crippen molar-refractivity contribution in [3.63, 3.8) is 0 Å². The van der Waals surface area contributed by atoms with Crippen LogP contribution in [0.5, 0.6) is 0 Å². The molecule has 26 heavy (non-hydrogen) atoms. The molecule has 1 aromatic carbocycles. The number of nitrogens with zero attached hydrogens (tertiary/aromatic N) is 2. The number of anilines is 1. The zero-order valence-corrected chi connectivity index (χ0v) is 15.2. The van der Waals surface area contributed by atoms with Crippen molar-refractivity contribution in [3.8, 4) is 0 Å². The van der Waals surface area contributed by atoms with Crippen LogP contribution in [0.2, 0.25) is 0 Å². The molecule has 1 aliphatic heterocycles. The smallest absolute Gasteiger partial charge is 0.337 e. The molecule has 0 radical (unpaired) electrons. The molecule has 8 nitrogen and oxygen atoms in total. The summed E-state index contributed by atoms with van der Waals surface area (Å²) in [5.41, 5.74) is 0.657. The number of ether oxygens (including phenoxy) is 2. The highest BCUT2D eigenvalue weighted by atomic mass is 32.2. The van der Waals surface area contributed by atoms with E-state index in [0.717, 1.165) is 25.9 Å². The molecule has 1 saturated heterocycles. The Labute approximate surface area is 152 Å². The van der Waals surface area contributed by atoms with E-state index in [1.807, 2.05) is 0 Å². The van der Waals surface area contributed by atoms with Crippen LogP contribution in [-0.2, 0) is 26.0 Å². The number of rotatable bonds is 6. The van der Waals surface area contributed by atoms with Crippen LogP contribution < -0.4 is 4.72 Å². The summed E-state index contributed by atoms with van der Waals surface area (Å²) < 4.78 is 39.3. The van der Waals surface area contributed by atoms with Crippen LogP contribution in [-0.4, -0.2) is 44.0 Å². The average molecular weight is 379 g/mol. The molecule has 2 heterocycles. The SMILES string of the molecule is COC(=O)c1ccc(S(=O)(=O)Nc2cnn(C[C@@H]3CCCCO3)c2)cc1. The molecule has 1 aromatic heterocycles. The van der Waals surface area contributed by atoms with Crippen LogP contribution in [0.25, 0.3) is 0 Å². The molecule has 2 aromatic rings. The fraction of sp³-hybridized carbons (Fsp3) is 0.412. The van der Waals surface area contributed by atoms with E-state index < -0.39 is 16.0 Å². The summed E-state index contributed by atoms with van der Waals surface area (Å²) in [6.07, 6.45) is 6.40. The number of hydrogen-bond donors (Lipinski definition) is 1. The molecule has 0 saturated carbocycles. The number of carbonyl (C=O) groups is 1. The number of carbonyl (C=O) groups excluding carboxylic acids is 1. The highest BCUT2D eigenvalue weighted by molar-refractivity contribution is 7.92. The molecule has 1 atom stereocenters. The number of hydrogen-bond acceptors (Lipinski definition) is 6. The van der Waals surface area contributed by atoms with Crippen LogP contribution >= 0.6 is 0 Å². The van der Waals surface area contributed by atoms with Gasteiger partial charge in [-0.2, -0.15) is 5.10 Å². The predicted molar refractivity (Wildman–Crippen MR) is 94.4 cm³/mol. The second-order valence-corrected chi connectivity index (χ2v) is 7.74. The van der Waals surface area contributed by atoms with E-state index in [4.69, 9.17) is 4.74 Å². The van der Waals surface area contributed by atoms with Gasteiger partial charge in [0.1, 0.15) is 0 Å². The molecule has 1 aliphatic rings. The van der Waals surface area contributed by atoms with Gasteiger partial charge in [-0.1, -0.05) is 0 Å². The van der Waals surface area contributed by atoms with Crippen molar-refractivity contribution < 1.29 is 22.7 Å². The maximum absolute atomic E-state index is 12.5. The van der Waals surface area contributed by atoms with E-state index >= 15 is 0 Å². The summed E-state index contributed by atoms with van der Waals surface area (Å²) in [5, 5.41) is 4.19. The third kappa shape index (κ3) is 4.41. The van der Waals surface area contributed by atoms with Gasteiger partial charge < -0.3 is 9.47 Å². The largest absolute Gasteiger partial charge is 0.465 e. The summed E-state index contributed by atoms with van der Waals surface area (Å²) >= 11 is 0. The summed E-state index contributed by atoms with van der Waals surface area (Å²) in [4.78, 5) is 11.5. The fourth-order valence-corrected chi connectivity index (χ4v) is 3.81. The van der Waals surface area contributed by atoms with Gasteiger partial charge in [-0.3, -0.25) is 9.40 Å². The van der Waals surface area contributed by atoms with Gasteiger partial charge >= 0.3 is 5.97 Å². The Balaban J connectivity index is 1.66. The highest BCUT2D eigenvalue weighted by Crippen LogP contribution is 2.18. The fourth-order valence-electron chi connectivity index (χ4n) is 2.78. The van der Waals surface area contributed by atoms with Gasteiger partial charge in [-0.15, -0.1) is 0 Å². The Morgan fingerprint density at radius 3 is 2.77 bits per heavy atom. The van der Waals surface area contributed by atoms with E-state index in [-0.39, 0.29) is 16.6 Å². The van der Waals surface area contributed by atoms with E-state index in [9.17, 15) is 13.2 Å². The zero-order chi connectivity index (χ0) is 18.6. The molecule has 0 spiro atoms. The van der Waals surface area contributed by atoms with Crippen LogP contribution in [0.3, 0.4) is 0 Å². The third-order valence-electron chi connectivity index (χ3n) is 4.14. The van der Waals surface area contributed by atoms with E-state index in [2.05, 4.69) is 14.6 Å². The Morgan fingerprint density at radius 1 is 1.35 bits per heavy atom. The van der Waals surface area contributed by atoms with Gasteiger partial charge in [-0.25, -0.2) is 13.2 Å². The Morgan fingerprint density at radius 2 is 2.12 bits per heavy atom. The highest BCUT2D eigenvalue weighted by Gasteiger charge is 2.18. The number of methoxy groups -OCH3 is 1. The Hall–Kier alpha value is -2.39. The topological polar surface area (TPSA) is 99.5 Å². The monoisotopic (exact) mass is 379 g/mol. The van der Waals surface area contributed by atoms with Crippen molar-refractivity contribution in [2.24, 2.45) is 0 Å². The molecule has 0 aliphatic carbocycles. The summed E-state index contributed by atoms with van der Waals surface area (Å²) in [7, 11) is -2.50. The maximum atomic E-state index is 12.5. The minimum atomic E-state index is -3.77. The first kappa shape index (κ1) is 18.4. The average Bonchev–Trinajstić information content (AvgIpc) is 3.08. The van der Waals surface area contributed by atoms with Crippen LogP contribution in [0.4, 0.5) is 5.69 Å². The molecule has 1 N–H and O–H groups in total. The number of sulfonamides is 1. The standard InChI is InChI=1S/C17H21N3O5S/c1-24-17(21)13-5-7-16(8-6-13)26(22,23)19-14-10-18-20(11-14)12-15-4-2-3-9-25-15/h5-8,10-11,15,19H,2-4,9,12H2,1H3/t15-/m0/s1. The molecule has 0 bridgehead atoms. The zero-order valence-electron chi connectivity index (χ0n) is 14.4. The molecular weight excluding hydrogens is 358 g/mol. The van der Waals surface area contributed by atoms with Gasteiger partial charge in [0.25, 0.3) is 10.0 Å². The summed E-state index contributed by atoms with van der Waals surface area (Å²) in [6.45, 7) is 1.35. The number of nitrogens with one attached hydrogen (secondary N) is 1. The van der Waals surface area contributed by atoms with Gasteiger partial charge in [-0.05, 0) is 43.5 Å².